The standard InChI is InChI=1S/C17H22FN3O2S/c1-10-8-11(18)6-7-12(10)19-15(22)5-3-2-4-14-16-13(9-24-14)20-17(23)21-16/h6-8,13-14,16H,2-5,9H2,1H3,(H,19,22)(H2,20,21,23)/t13-,14-,16+/m0/s1. The minimum atomic E-state index is -0.300. The maximum atomic E-state index is 13.1. The molecule has 2 fully saturated rings. The van der Waals surface area contributed by atoms with E-state index >= 15 is 0 Å². The summed E-state index contributed by atoms with van der Waals surface area (Å²) in [5.74, 6) is 0.613. The van der Waals surface area contributed by atoms with Crippen molar-refractivity contribution in [3.63, 3.8) is 0 Å². The highest BCUT2D eigenvalue weighted by molar-refractivity contribution is 8.00. The van der Waals surface area contributed by atoms with E-state index in [1.54, 1.807) is 13.0 Å². The van der Waals surface area contributed by atoms with E-state index in [2.05, 4.69) is 16.0 Å². The Balaban J connectivity index is 1.37. The molecule has 3 N–H and O–H groups in total. The van der Waals surface area contributed by atoms with Crippen LogP contribution in [0.2, 0.25) is 0 Å². The summed E-state index contributed by atoms with van der Waals surface area (Å²) in [4.78, 5) is 23.3. The number of carbonyl (C=O) groups excluding carboxylic acids is 2. The summed E-state index contributed by atoms with van der Waals surface area (Å²) in [5.41, 5.74) is 1.39. The summed E-state index contributed by atoms with van der Waals surface area (Å²) < 4.78 is 13.1. The fourth-order valence-electron chi connectivity index (χ4n) is 3.25. The highest BCUT2D eigenvalue weighted by Gasteiger charge is 2.42. The average Bonchev–Trinajstić information content (AvgIpc) is 3.06. The van der Waals surface area contributed by atoms with E-state index < -0.39 is 0 Å². The first-order chi connectivity index (χ1) is 11.5. The third kappa shape index (κ3) is 4.01. The number of urea groups is 1. The minimum absolute atomic E-state index is 0.0440. The summed E-state index contributed by atoms with van der Waals surface area (Å²) in [7, 11) is 0. The molecule has 3 amide bonds. The molecule has 2 heterocycles. The van der Waals surface area contributed by atoms with Crippen molar-refractivity contribution in [3.05, 3.63) is 29.6 Å². The van der Waals surface area contributed by atoms with E-state index in [9.17, 15) is 14.0 Å². The summed E-state index contributed by atoms with van der Waals surface area (Å²) >= 11 is 1.89. The zero-order valence-corrected chi connectivity index (χ0v) is 14.4. The van der Waals surface area contributed by atoms with E-state index in [1.165, 1.54) is 12.1 Å². The number of aryl methyl sites for hydroxylation is 1. The number of hydrogen-bond donors (Lipinski definition) is 3. The number of thioether (sulfide) groups is 1. The lowest BCUT2D eigenvalue weighted by Crippen LogP contribution is -2.36. The van der Waals surface area contributed by atoms with Gasteiger partial charge in [-0.25, -0.2) is 9.18 Å². The van der Waals surface area contributed by atoms with Crippen LogP contribution in [-0.2, 0) is 4.79 Å². The van der Waals surface area contributed by atoms with Gasteiger partial charge < -0.3 is 16.0 Å². The Morgan fingerprint density at radius 2 is 2.21 bits per heavy atom. The molecule has 0 spiro atoms. The van der Waals surface area contributed by atoms with Crippen molar-refractivity contribution >= 4 is 29.4 Å². The third-order valence-corrected chi connectivity index (χ3v) is 6.05. The number of benzene rings is 1. The Morgan fingerprint density at radius 1 is 1.38 bits per heavy atom. The maximum Gasteiger partial charge on any atom is 0.315 e. The molecular weight excluding hydrogens is 329 g/mol. The highest BCUT2D eigenvalue weighted by Crippen LogP contribution is 2.33. The predicted octanol–water partition coefficient (Wildman–Crippen LogP) is 2.80. The second-order valence-electron chi connectivity index (χ2n) is 6.38. The van der Waals surface area contributed by atoms with Crippen LogP contribution < -0.4 is 16.0 Å². The van der Waals surface area contributed by atoms with Crippen LogP contribution in [0.25, 0.3) is 0 Å². The first-order valence-corrected chi connectivity index (χ1v) is 9.32. The van der Waals surface area contributed by atoms with E-state index in [4.69, 9.17) is 0 Å². The van der Waals surface area contributed by atoms with Crippen molar-refractivity contribution in [2.45, 2.75) is 49.9 Å². The molecule has 5 nitrogen and oxygen atoms in total. The quantitative estimate of drug-likeness (QED) is 0.545. The molecule has 0 unspecified atom stereocenters. The van der Waals surface area contributed by atoms with E-state index in [-0.39, 0.29) is 29.8 Å². The molecule has 0 bridgehead atoms. The fraction of sp³-hybridized carbons (Fsp3) is 0.529. The normalized spacial score (nSPS) is 25.1. The number of halogens is 1. The van der Waals surface area contributed by atoms with E-state index in [0.29, 0.717) is 17.4 Å². The van der Waals surface area contributed by atoms with Gasteiger partial charge in [-0.2, -0.15) is 11.8 Å². The number of unbranched alkanes of at least 4 members (excludes halogenated alkanes) is 1. The van der Waals surface area contributed by atoms with Gasteiger partial charge in [0.25, 0.3) is 0 Å². The van der Waals surface area contributed by atoms with Crippen LogP contribution in [0.4, 0.5) is 14.9 Å². The molecule has 2 aliphatic heterocycles. The molecule has 0 aliphatic carbocycles. The van der Waals surface area contributed by atoms with Gasteiger partial charge in [0.2, 0.25) is 5.91 Å². The fourth-order valence-corrected chi connectivity index (χ4v) is 4.80. The molecule has 1 aromatic rings. The summed E-state index contributed by atoms with van der Waals surface area (Å²) in [6, 6.07) is 4.75. The van der Waals surface area contributed by atoms with Crippen LogP contribution in [0.1, 0.15) is 31.2 Å². The predicted molar refractivity (Wildman–Crippen MR) is 93.7 cm³/mol. The van der Waals surface area contributed by atoms with Gasteiger partial charge in [0, 0.05) is 23.1 Å². The summed E-state index contributed by atoms with van der Waals surface area (Å²) in [6.45, 7) is 1.77. The lowest BCUT2D eigenvalue weighted by Gasteiger charge is -2.16. The van der Waals surface area contributed by atoms with Gasteiger partial charge >= 0.3 is 6.03 Å². The molecular formula is C17H22FN3O2S. The van der Waals surface area contributed by atoms with Crippen molar-refractivity contribution in [2.75, 3.05) is 11.1 Å². The Hall–Kier alpha value is -1.76. The average molecular weight is 351 g/mol. The molecule has 3 rings (SSSR count). The largest absolute Gasteiger partial charge is 0.332 e. The van der Waals surface area contributed by atoms with Crippen LogP contribution in [0.15, 0.2) is 18.2 Å². The lowest BCUT2D eigenvalue weighted by atomic mass is 10.0. The van der Waals surface area contributed by atoms with Crippen molar-refractivity contribution in [1.82, 2.24) is 10.6 Å². The van der Waals surface area contributed by atoms with Crippen molar-refractivity contribution < 1.29 is 14.0 Å². The first kappa shape index (κ1) is 17.1. The zero-order chi connectivity index (χ0) is 17.1. The van der Waals surface area contributed by atoms with Gasteiger partial charge in [-0.3, -0.25) is 4.79 Å². The summed E-state index contributed by atoms with van der Waals surface area (Å²) in [6.07, 6.45) is 3.21. The van der Waals surface area contributed by atoms with Gasteiger partial charge in [-0.1, -0.05) is 6.42 Å². The number of nitrogens with one attached hydrogen (secondary N) is 3. The number of carbonyl (C=O) groups is 2. The van der Waals surface area contributed by atoms with Crippen molar-refractivity contribution in [1.29, 1.82) is 0 Å². The second kappa shape index (κ2) is 7.42. The third-order valence-electron chi connectivity index (χ3n) is 4.54. The van der Waals surface area contributed by atoms with Gasteiger partial charge in [0.1, 0.15) is 5.82 Å². The smallest absolute Gasteiger partial charge is 0.315 e. The van der Waals surface area contributed by atoms with E-state index in [1.807, 2.05) is 11.8 Å². The van der Waals surface area contributed by atoms with Gasteiger partial charge in [-0.05, 0) is 43.5 Å². The Kier molecular flexibility index (Phi) is 5.28. The number of amides is 3. The van der Waals surface area contributed by atoms with Crippen LogP contribution >= 0.6 is 11.8 Å². The van der Waals surface area contributed by atoms with Crippen LogP contribution in [0.5, 0.6) is 0 Å². The number of hydrogen-bond acceptors (Lipinski definition) is 3. The molecule has 0 radical (unpaired) electrons. The lowest BCUT2D eigenvalue weighted by molar-refractivity contribution is -0.116. The molecule has 1 aromatic carbocycles. The molecule has 24 heavy (non-hydrogen) atoms. The van der Waals surface area contributed by atoms with Gasteiger partial charge in [0.05, 0.1) is 12.1 Å². The van der Waals surface area contributed by atoms with Crippen molar-refractivity contribution in [2.24, 2.45) is 0 Å². The molecule has 3 atom stereocenters. The van der Waals surface area contributed by atoms with E-state index in [0.717, 1.165) is 30.6 Å². The number of rotatable bonds is 6. The molecule has 7 heteroatoms. The second-order valence-corrected chi connectivity index (χ2v) is 7.65. The Labute approximate surface area is 145 Å². The SMILES string of the molecule is Cc1cc(F)ccc1NC(=O)CCCC[C@@H]1SC[C@@H]2NC(=O)N[C@H]21. The van der Waals surface area contributed by atoms with Gasteiger partial charge in [0.15, 0.2) is 0 Å². The van der Waals surface area contributed by atoms with Crippen LogP contribution in [0.3, 0.4) is 0 Å². The number of anilines is 1. The minimum Gasteiger partial charge on any atom is -0.332 e. The maximum absolute atomic E-state index is 13.1. The zero-order valence-electron chi connectivity index (χ0n) is 13.6. The molecule has 2 saturated heterocycles. The topological polar surface area (TPSA) is 70.2 Å². The Morgan fingerprint density at radius 3 is 3.00 bits per heavy atom. The highest BCUT2D eigenvalue weighted by atomic mass is 32.2. The molecule has 2 aliphatic rings. The number of fused-ring (bicyclic) bond motifs is 1. The Bertz CT molecular complexity index is 640. The van der Waals surface area contributed by atoms with Crippen molar-refractivity contribution in [3.8, 4) is 0 Å². The van der Waals surface area contributed by atoms with Gasteiger partial charge in [-0.15, -0.1) is 0 Å². The molecule has 0 aromatic heterocycles. The molecule has 130 valence electrons. The monoisotopic (exact) mass is 351 g/mol. The first-order valence-electron chi connectivity index (χ1n) is 8.27. The van der Waals surface area contributed by atoms with Crippen LogP contribution in [-0.4, -0.2) is 35.0 Å². The summed E-state index contributed by atoms with van der Waals surface area (Å²) in [5, 5.41) is 9.17. The molecule has 0 saturated carbocycles. The van der Waals surface area contributed by atoms with Crippen LogP contribution in [0, 0.1) is 12.7 Å².